The quantitative estimate of drug-likeness (QED) is 0.163. The number of aromatic nitrogens is 3. The zero-order valence-corrected chi connectivity index (χ0v) is 29.5. The first-order chi connectivity index (χ1) is 27.2. The van der Waals surface area contributed by atoms with Gasteiger partial charge >= 0.3 is 0 Å². The summed E-state index contributed by atoms with van der Waals surface area (Å²) in [4.78, 5) is 8.02. The van der Waals surface area contributed by atoms with Gasteiger partial charge in [0.2, 0.25) is 5.69 Å². The molecule has 3 heterocycles. The van der Waals surface area contributed by atoms with Gasteiger partial charge in [0, 0.05) is 32.6 Å². The standard InChI is InChI=1S/C50H29N5/c1-51-40-30-29-32(31-39(40)36-18-6-11-25-45(36)55-44-24-10-5-17-35(44)37-20-13-21-41(52-2)50(37)55)53-46-26-12-7-19-38(46)49-47(53)27-14-28-48(49)54-42-22-8-3-15-33(42)34-16-4-9-23-43(34)54/h3-31H. The van der Waals surface area contributed by atoms with E-state index in [4.69, 9.17) is 13.1 Å². The van der Waals surface area contributed by atoms with Crippen LogP contribution in [-0.4, -0.2) is 13.7 Å². The van der Waals surface area contributed by atoms with Crippen LogP contribution in [0.1, 0.15) is 0 Å². The Morgan fingerprint density at radius 3 is 1.55 bits per heavy atom. The first-order valence-electron chi connectivity index (χ1n) is 18.3. The monoisotopic (exact) mass is 699 g/mol. The molecule has 0 N–H and O–H groups in total. The number of fused-ring (bicyclic) bond motifs is 9. The summed E-state index contributed by atoms with van der Waals surface area (Å²) in [5.41, 5.74) is 12.3. The van der Waals surface area contributed by atoms with Gasteiger partial charge in [-0.1, -0.05) is 121 Å². The van der Waals surface area contributed by atoms with Crippen LogP contribution in [0.5, 0.6) is 0 Å². The average molecular weight is 700 g/mol. The van der Waals surface area contributed by atoms with Crippen molar-refractivity contribution in [2.45, 2.75) is 0 Å². The fraction of sp³-hybridized carbons (Fsp3) is 0. The maximum atomic E-state index is 8.32. The van der Waals surface area contributed by atoms with Crippen molar-refractivity contribution < 1.29 is 0 Å². The molecule has 0 spiro atoms. The van der Waals surface area contributed by atoms with E-state index in [-0.39, 0.29) is 0 Å². The summed E-state index contributed by atoms with van der Waals surface area (Å²) >= 11 is 0. The molecule has 55 heavy (non-hydrogen) atoms. The number of nitrogens with zero attached hydrogens (tertiary/aromatic N) is 5. The Morgan fingerprint density at radius 2 is 0.855 bits per heavy atom. The van der Waals surface area contributed by atoms with E-state index in [1.54, 1.807) is 0 Å². The lowest BCUT2D eigenvalue weighted by Crippen LogP contribution is -1.99. The van der Waals surface area contributed by atoms with E-state index < -0.39 is 0 Å². The zero-order chi connectivity index (χ0) is 36.6. The Bertz CT molecular complexity index is 3420. The first kappa shape index (κ1) is 30.7. The highest BCUT2D eigenvalue weighted by Crippen LogP contribution is 2.44. The van der Waals surface area contributed by atoms with E-state index in [9.17, 15) is 0 Å². The summed E-state index contributed by atoms with van der Waals surface area (Å²) in [6, 6.07) is 61.1. The zero-order valence-electron chi connectivity index (χ0n) is 29.5. The molecule has 0 bridgehead atoms. The van der Waals surface area contributed by atoms with Gasteiger partial charge in [-0.15, -0.1) is 0 Å². The second kappa shape index (κ2) is 11.8. The van der Waals surface area contributed by atoms with Crippen molar-refractivity contribution in [1.29, 1.82) is 0 Å². The van der Waals surface area contributed by atoms with Gasteiger partial charge in [-0.25, -0.2) is 9.69 Å². The van der Waals surface area contributed by atoms with Crippen LogP contribution in [0.3, 0.4) is 0 Å². The number of rotatable bonds is 4. The largest absolute Gasteiger partial charge is 0.318 e. The minimum absolute atomic E-state index is 0.564. The Hall–Kier alpha value is -7.86. The van der Waals surface area contributed by atoms with E-state index in [2.05, 4.69) is 157 Å². The maximum absolute atomic E-state index is 8.32. The molecule has 0 fully saturated rings. The van der Waals surface area contributed by atoms with E-state index in [1.807, 2.05) is 42.5 Å². The number of hydrogen-bond acceptors (Lipinski definition) is 0. The smallest absolute Gasteiger partial charge is 0.211 e. The molecule has 5 heteroatoms. The molecule has 0 radical (unpaired) electrons. The van der Waals surface area contributed by atoms with Crippen LogP contribution in [0, 0.1) is 13.1 Å². The molecule has 0 aliphatic rings. The third-order valence-electron chi connectivity index (χ3n) is 11.1. The van der Waals surface area contributed by atoms with Crippen molar-refractivity contribution >= 4 is 76.8 Å². The maximum Gasteiger partial charge on any atom is 0.211 e. The second-order valence-corrected chi connectivity index (χ2v) is 13.9. The summed E-state index contributed by atoms with van der Waals surface area (Å²) < 4.78 is 6.93. The van der Waals surface area contributed by atoms with E-state index in [0.29, 0.717) is 11.4 Å². The number of benzene rings is 8. The average Bonchev–Trinajstić information content (AvgIpc) is 3.89. The Kier molecular flexibility index (Phi) is 6.61. The Balaban J connectivity index is 1.19. The summed E-state index contributed by atoms with van der Waals surface area (Å²) in [7, 11) is 0. The lowest BCUT2D eigenvalue weighted by Gasteiger charge is -2.17. The first-order valence-corrected chi connectivity index (χ1v) is 18.3. The summed E-state index contributed by atoms with van der Waals surface area (Å²) in [5, 5.41) is 6.89. The van der Waals surface area contributed by atoms with Crippen molar-refractivity contribution in [3.8, 4) is 28.2 Å². The third kappa shape index (κ3) is 4.33. The minimum Gasteiger partial charge on any atom is -0.318 e. The molecule has 0 aliphatic carbocycles. The van der Waals surface area contributed by atoms with Gasteiger partial charge < -0.3 is 13.7 Å². The molecule has 0 aliphatic heterocycles. The van der Waals surface area contributed by atoms with Crippen molar-refractivity contribution in [3.05, 3.63) is 199 Å². The molecule has 5 nitrogen and oxygen atoms in total. The van der Waals surface area contributed by atoms with E-state index in [1.165, 1.54) is 21.8 Å². The molecular formula is C50H29N5. The van der Waals surface area contributed by atoms with Crippen LogP contribution in [0.25, 0.3) is 103 Å². The highest BCUT2D eigenvalue weighted by molar-refractivity contribution is 6.17. The highest BCUT2D eigenvalue weighted by atomic mass is 15.0. The van der Waals surface area contributed by atoms with Crippen molar-refractivity contribution in [3.63, 3.8) is 0 Å². The predicted octanol–water partition coefficient (Wildman–Crippen LogP) is 13.7. The predicted molar refractivity (Wildman–Crippen MR) is 227 cm³/mol. The molecular weight excluding hydrogens is 671 g/mol. The van der Waals surface area contributed by atoms with Gasteiger partial charge in [0.15, 0.2) is 5.69 Å². The van der Waals surface area contributed by atoms with Crippen LogP contribution in [-0.2, 0) is 0 Å². The summed E-state index contributed by atoms with van der Waals surface area (Å²) in [6.07, 6.45) is 0. The lowest BCUT2D eigenvalue weighted by molar-refractivity contribution is 1.17. The number of hydrogen-bond donors (Lipinski definition) is 0. The van der Waals surface area contributed by atoms with Crippen LogP contribution in [0.2, 0.25) is 0 Å². The fourth-order valence-electron chi connectivity index (χ4n) is 8.86. The minimum atomic E-state index is 0.564. The van der Waals surface area contributed by atoms with Crippen LogP contribution in [0.4, 0.5) is 11.4 Å². The van der Waals surface area contributed by atoms with Crippen molar-refractivity contribution in [2.75, 3.05) is 0 Å². The van der Waals surface area contributed by atoms with Gasteiger partial charge in [0.25, 0.3) is 0 Å². The topological polar surface area (TPSA) is 23.5 Å². The molecule has 0 saturated carbocycles. The van der Waals surface area contributed by atoms with Gasteiger partial charge in [0.05, 0.1) is 57.6 Å². The van der Waals surface area contributed by atoms with Crippen molar-refractivity contribution in [1.82, 2.24) is 13.7 Å². The van der Waals surface area contributed by atoms with E-state index in [0.717, 1.165) is 71.8 Å². The molecule has 3 aromatic heterocycles. The fourth-order valence-corrected chi connectivity index (χ4v) is 8.86. The van der Waals surface area contributed by atoms with Gasteiger partial charge in [-0.3, -0.25) is 0 Å². The number of para-hydroxylation sites is 6. The molecule has 11 rings (SSSR count). The second-order valence-electron chi connectivity index (χ2n) is 13.9. The van der Waals surface area contributed by atoms with Crippen LogP contribution in [0.15, 0.2) is 176 Å². The summed E-state index contributed by atoms with van der Waals surface area (Å²) in [6.45, 7) is 16.4. The van der Waals surface area contributed by atoms with Crippen LogP contribution < -0.4 is 0 Å². The molecule has 0 atom stereocenters. The molecule has 0 saturated heterocycles. The van der Waals surface area contributed by atoms with Crippen LogP contribution >= 0.6 is 0 Å². The molecule has 0 amide bonds. The molecule has 11 aromatic rings. The third-order valence-corrected chi connectivity index (χ3v) is 11.1. The normalized spacial score (nSPS) is 11.6. The Morgan fingerprint density at radius 1 is 0.345 bits per heavy atom. The van der Waals surface area contributed by atoms with Gasteiger partial charge in [-0.05, 0) is 71.1 Å². The highest BCUT2D eigenvalue weighted by Gasteiger charge is 2.22. The Labute approximate surface area is 316 Å². The van der Waals surface area contributed by atoms with Gasteiger partial charge in [0.1, 0.15) is 0 Å². The molecule has 254 valence electrons. The lowest BCUT2D eigenvalue weighted by atomic mass is 10.0. The van der Waals surface area contributed by atoms with Gasteiger partial charge in [-0.2, -0.15) is 0 Å². The van der Waals surface area contributed by atoms with E-state index >= 15 is 0 Å². The SMILES string of the molecule is [C-]#[N+]c1ccc(-n2c3ccccc3c3c(-n4c5ccccc5c5ccccc54)cccc32)cc1-c1ccccc1-n1c2ccccc2c2cccc([N+]#[C-])c21. The molecule has 8 aromatic carbocycles. The molecule has 0 unspecified atom stereocenters. The van der Waals surface area contributed by atoms with Crippen molar-refractivity contribution in [2.24, 2.45) is 0 Å². The summed E-state index contributed by atoms with van der Waals surface area (Å²) in [5.74, 6) is 0.